The zero-order valence-electron chi connectivity index (χ0n) is 9.24. The number of amides is 1. The van der Waals surface area contributed by atoms with E-state index in [2.05, 4.69) is 9.97 Å². The van der Waals surface area contributed by atoms with E-state index in [1.165, 1.54) is 0 Å². The highest BCUT2D eigenvalue weighted by Gasteiger charge is 2.22. The van der Waals surface area contributed by atoms with E-state index < -0.39 is 0 Å². The number of nitrogens with one attached hydrogen (secondary N) is 1. The van der Waals surface area contributed by atoms with Crippen molar-refractivity contribution in [3.63, 3.8) is 0 Å². The van der Waals surface area contributed by atoms with Crippen LogP contribution >= 0.6 is 11.6 Å². The van der Waals surface area contributed by atoms with Crippen LogP contribution in [0.2, 0.25) is 5.15 Å². The molecule has 0 unspecified atom stereocenters. The van der Waals surface area contributed by atoms with E-state index in [9.17, 15) is 4.79 Å². The molecule has 1 aliphatic heterocycles. The quantitative estimate of drug-likeness (QED) is 0.790. The van der Waals surface area contributed by atoms with Crippen LogP contribution in [0.15, 0.2) is 18.5 Å². The largest absolute Gasteiger partial charge is 0.360 e. The fourth-order valence-corrected chi connectivity index (χ4v) is 2.48. The minimum absolute atomic E-state index is 0.0408. The standard InChI is InChI=1S/C12H12ClN3O/c13-11-8-3-4-14-10(8)9(7-15-11)12(17)16-5-1-2-6-16/h3-4,7,14H,1-2,5-6H2. The van der Waals surface area contributed by atoms with Crippen molar-refractivity contribution in [2.24, 2.45) is 0 Å². The normalized spacial score (nSPS) is 15.7. The van der Waals surface area contributed by atoms with Crippen LogP contribution in [0.3, 0.4) is 0 Å². The van der Waals surface area contributed by atoms with Gasteiger partial charge < -0.3 is 9.88 Å². The van der Waals surface area contributed by atoms with Crippen molar-refractivity contribution in [3.05, 3.63) is 29.2 Å². The van der Waals surface area contributed by atoms with Gasteiger partial charge in [-0.3, -0.25) is 4.79 Å². The molecule has 5 heteroatoms. The molecule has 3 rings (SSSR count). The highest BCUT2D eigenvalue weighted by atomic mass is 35.5. The summed E-state index contributed by atoms with van der Waals surface area (Å²) in [6, 6.07) is 1.84. The van der Waals surface area contributed by atoms with Crippen LogP contribution in [-0.4, -0.2) is 33.9 Å². The predicted octanol–water partition coefficient (Wildman–Crippen LogP) is 2.45. The van der Waals surface area contributed by atoms with Crippen LogP contribution < -0.4 is 0 Å². The second-order valence-electron chi connectivity index (χ2n) is 4.23. The Bertz CT molecular complexity index is 572. The first-order valence-electron chi connectivity index (χ1n) is 5.68. The lowest BCUT2D eigenvalue weighted by Crippen LogP contribution is -2.27. The summed E-state index contributed by atoms with van der Waals surface area (Å²) in [6.07, 6.45) is 5.50. The van der Waals surface area contributed by atoms with Gasteiger partial charge in [-0.25, -0.2) is 4.98 Å². The molecule has 1 aliphatic rings. The number of rotatable bonds is 1. The molecule has 3 heterocycles. The fraction of sp³-hybridized carbons (Fsp3) is 0.333. The van der Waals surface area contributed by atoms with Crippen LogP contribution in [0.4, 0.5) is 0 Å². The number of aromatic amines is 1. The zero-order valence-corrected chi connectivity index (χ0v) is 10.00. The number of hydrogen-bond donors (Lipinski definition) is 1. The summed E-state index contributed by atoms with van der Waals surface area (Å²) in [5.74, 6) is 0.0408. The van der Waals surface area contributed by atoms with E-state index in [0.717, 1.165) is 36.8 Å². The summed E-state index contributed by atoms with van der Waals surface area (Å²) in [6.45, 7) is 1.67. The van der Waals surface area contributed by atoms with Crippen LogP contribution in [0.5, 0.6) is 0 Å². The third-order valence-electron chi connectivity index (χ3n) is 3.17. The van der Waals surface area contributed by atoms with Crippen molar-refractivity contribution >= 4 is 28.4 Å². The minimum atomic E-state index is 0.0408. The number of likely N-dealkylation sites (tertiary alicyclic amines) is 1. The maximum atomic E-state index is 12.3. The van der Waals surface area contributed by atoms with E-state index in [1.54, 1.807) is 12.4 Å². The summed E-state index contributed by atoms with van der Waals surface area (Å²) in [4.78, 5) is 21.3. The third kappa shape index (κ3) is 1.69. The van der Waals surface area contributed by atoms with Crippen molar-refractivity contribution in [2.75, 3.05) is 13.1 Å². The van der Waals surface area contributed by atoms with Gasteiger partial charge in [0.2, 0.25) is 0 Å². The topological polar surface area (TPSA) is 49.0 Å². The molecule has 0 bridgehead atoms. The molecule has 2 aromatic heterocycles. The number of aromatic nitrogens is 2. The summed E-state index contributed by atoms with van der Waals surface area (Å²) >= 11 is 5.98. The molecule has 2 aromatic rings. The van der Waals surface area contributed by atoms with Crippen molar-refractivity contribution in [1.29, 1.82) is 0 Å². The van der Waals surface area contributed by atoms with E-state index in [1.807, 2.05) is 11.0 Å². The Kier molecular flexibility index (Phi) is 2.52. The number of nitrogens with zero attached hydrogens (tertiary/aromatic N) is 2. The van der Waals surface area contributed by atoms with Gasteiger partial charge in [-0.2, -0.15) is 0 Å². The van der Waals surface area contributed by atoms with Gasteiger partial charge in [-0.05, 0) is 18.9 Å². The summed E-state index contributed by atoms with van der Waals surface area (Å²) in [5.41, 5.74) is 1.39. The number of pyridine rings is 1. The average molecular weight is 250 g/mol. The number of hydrogen-bond acceptors (Lipinski definition) is 2. The number of carbonyl (C=O) groups excluding carboxylic acids is 1. The molecule has 88 valence electrons. The average Bonchev–Trinajstić information content (AvgIpc) is 3.00. The van der Waals surface area contributed by atoms with Gasteiger partial charge in [0.05, 0.1) is 11.1 Å². The maximum Gasteiger partial charge on any atom is 0.257 e. The number of fused-ring (bicyclic) bond motifs is 1. The van der Waals surface area contributed by atoms with Gasteiger partial charge in [-0.1, -0.05) is 11.6 Å². The molecular formula is C12H12ClN3O. The summed E-state index contributed by atoms with van der Waals surface area (Å²) in [7, 11) is 0. The first-order valence-corrected chi connectivity index (χ1v) is 6.06. The number of halogens is 1. The monoisotopic (exact) mass is 249 g/mol. The Morgan fingerprint density at radius 1 is 1.41 bits per heavy atom. The lowest BCUT2D eigenvalue weighted by Gasteiger charge is -2.15. The van der Waals surface area contributed by atoms with Crippen molar-refractivity contribution in [2.45, 2.75) is 12.8 Å². The van der Waals surface area contributed by atoms with E-state index >= 15 is 0 Å². The molecule has 0 aromatic carbocycles. The fourth-order valence-electron chi connectivity index (χ4n) is 2.27. The zero-order chi connectivity index (χ0) is 11.8. The van der Waals surface area contributed by atoms with Gasteiger partial charge in [0.25, 0.3) is 5.91 Å². The van der Waals surface area contributed by atoms with Crippen LogP contribution in [0, 0.1) is 0 Å². The first-order chi connectivity index (χ1) is 8.27. The van der Waals surface area contributed by atoms with E-state index in [-0.39, 0.29) is 5.91 Å². The molecule has 0 aliphatic carbocycles. The molecule has 0 spiro atoms. The minimum Gasteiger partial charge on any atom is -0.360 e. The summed E-state index contributed by atoms with van der Waals surface area (Å²) < 4.78 is 0. The lowest BCUT2D eigenvalue weighted by atomic mass is 10.2. The Morgan fingerprint density at radius 2 is 2.18 bits per heavy atom. The van der Waals surface area contributed by atoms with Crippen LogP contribution in [-0.2, 0) is 0 Å². The van der Waals surface area contributed by atoms with Gasteiger partial charge in [0.15, 0.2) is 0 Å². The molecule has 4 nitrogen and oxygen atoms in total. The molecule has 0 atom stereocenters. The molecule has 1 N–H and O–H groups in total. The summed E-state index contributed by atoms with van der Waals surface area (Å²) in [5, 5.41) is 1.23. The highest BCUT2D eigenvalue weighted by molar-refractivity contribution is 6.34. The molecule has 0 radical (unpaired) electrons. The molecule has 0 saturated carbocycles. The van der Waals surface area contributed by atoms with Gasteiger partial charge >= 0.3 is 0 Å². The smallest absolute Gasteiger partial charge is 0.257 e. The van der Waals surface area contributed by atoms with Crippen LogP contribution in [0.1, 0.15) is 23.2 Å². The van der Waals surface area contributed by atoms with Crippen molar-refractivity contribution in [3.8, 4) is 0 Å². The Labute approximate surface area is 104 Å². The van der Waals surface area contributed by atoms with E-state index in [4.69, 9.17) is 11.6 Å². The maximum absolute atomic E-state index is 12.3. The van der Waals surface area contributed by atoms with Gasteiger partial charge in [-0.15, -0.1) is 0 Å². The van der Waals surface area contributed by atoms with Gasteiger partial charge in [0, 0.05) is 30.9 Å². The molecule has 1 amide bonds. The molecule has 17 heavy (non-hydrogen) atoms. The Hall–Kier alpha value is -1.55. The predicted molar refractivity (Wildman–Crippen MR) is 66.2 cm³/mol. The second-order valence-corrected chi connectivity index (χ2v) is 4.59. The Morgan fingerprint density at radius 3 is 2.94 bits per heavy atom. The second kappa shape index (κ2) is 4.04. The molecular weight excluding hydrogens is 238 g/mol. The van der Waals surface area contributed by atoms with Crippen molar-refractivity contribution < 1.29 is 4.79 Å². The molecule has 1 saturated heterocycles. The lowest BCUT2D eigenvalue weighted by molar-refractivity contribution is 0.0794. The highest BCUT2D eigenvalue weighted by Crippen LogP contribution is 2.24. The number of carbonyl (C=O) groups is 1. The Balaban J connectivity index is 2.07. The van der Waals surface area contributed by atoms with Gasteiger partial charge in [0.1, 0.15) is 5.15 Å². The van der Waals surface area contributed by atoms with Crippen LogP contribution in [0.25, 0.3) is 10.9 Å². The van der Waals surface area contributed by atoms with E-state index in [0.29, 0.717) is 10.7 Å². The number of H-pyrrole nitrogens is 1. The molecule has 1 fully saturated rings. The SMILES string of the molecule is O=C(c1cnc(Cl)c2cc[nH]c12)N1CCCC1. The van der Waals surface area contributed by atoms with Crippen molar-refractivity contribution in [1.82, 2.24) is 14.9 Å². The third-order valence-corrected chi connectivity index (χ3v) is 3.47. The first kappa shape index (κ1) is 10.6.